The van der Waals surface area contributed by atoms with Crippen molar-refractivity contribution in [3.05, 3.63) is 66.6 Å². The number of rotatable bonds is 3. The van der Waals surface area contributed by atoms with Crippen molar-refractivity contribution in [3.8, 4) is 0 Å². The average Bonchev–Trinajstić information content (AvgIpc) is 2.49. The molecule has 0 heterocycles. The van der Waals surface area contributed by atoms with Gasteiger partial charge in [0.1, 0.15) is 0 Å². The predicted octanol–water partition coefficient (Wildman–Crippen LogP) is 3.62. The van der Waals surface area contributed by atoms with Crippen LogP contribution in [0, 0.1) is 6.92 Å². The third kappa shape index (κ3) is 4.57. The first kappa shape index (κ1) is 16.5. The number of amides is 2. The molecule has 0 bridgehead atoms. The SMILES string of the molecule is [CH2]c1ccc(C(=O)Nc2ccc(NC(=O)C(F)(F)F)cc2)cc1. The molecule has 0 spiro atoms. The number of halogens is 3. The van der Waals surface area contributed by atoms with Crippen LogP contribution in [0.25, 0.3) is 0 Å². The van der Waals surface area contributed by atoms with Gasteiger partial charge in [0.05, 0.1) is 0 Å². The predicted molar refractivity (Wildman–Crippen MR) is 80.0 cm³/mol. The van der Waals surface area contributed by atoms with Gasteiger partial charge < -0.3 is 10.6 Å². The number of carbonyl (C=O) groups is 2. The molecule has 1 radical (unpaired) electrons. The van der Waals surface area contributed by atoms with Crippen LogP contribution in [0.1, 0.15) is 15.9 Å². The van der Waals surface area contributed by atoms with E-state index in [1.807, 2.05) is 0 Å². The van der Waals surface area contributed by atoms with Gasteiger partial charge in [-0.25, -0.2) is 0 Å². The van der Waals surface area contributed by atoms with Crippen LogP contribution in [0.15, 0.2) is 48.5 Å². The second kappa shape index (κ2) is 6.51. The third-order valence-corrected chi connectivity index (χ3v) is 2.87. The summed E-state index contributed by atoms with van der Waals surface area (Å²) in [5.74, 6) is -2.42. The van der Waals surface area contributed by atoms with Crippen LogP contribution >= 0.6 is 0 Å². The van der Waals surface area contributed by atoms with E-state index in [9.17, 15) is 22.8 Å². The molecule has 0 atom stereocenters. The summed E-state index contributed by atoms with van der Waals surface area (Å²) in [5.41, 5.74) is 1.56. The van der Waals surface area contributed by atoms with E-state index in [2.05, 4.69) is 12.2 Å². The summed E-state index contributed by atoms with van der Waals surface area (Å²) in [6.45, 7) is 3.71. The van der Waals surface area contributed by atoms with Crippen molar-refractivity contribution in [3.63, 3.8) is 0 Å². The van der Waals surface area contributed by atoms with Crippen molar-refractivity contribution < 1.29 is 22.8 Å². The van der Waals surface area contributed by atoms with Crippen molar-refractivity contribution in [1.29, 1.82) is 0 Å². The van der Waals surface area contributed by atoms with Gasteiger partial charge in [-0.1, -0.05) is 12.1 Å². The monoisotopic (exact) mass is 321 g/mol. The molecule has 4 nitrogen and oxygen atoms in total. The number of nitrogens with one attached hydrogen (secondary N) is 2. The van der Waals surface area contributed by atoms with Crippen LogP contribution in [0.2, 0.25) is 0 Å². The number of carbonyl (C=O) groups excluding carboxylic acids is 2. The Morgan fingerprint density at radius 2 is 1.30 bits per heavy atom. The van der Waals surface area contributed by atoms with Crippen molar-refractivity contribution >= 4 is 23.2 Å². The van der Waals surface area contributed by atoms with Gasteiger partial charge >= 0.3 is 12.1 Å². The molecule has 0 aliphatic carbocycles. The average molecular weight is 321 g/mol. The minimum absolute atomic E-state index is 0.0215. The van der Waals surface area contributed by atoms with Crippen molar-refractivity contribution in [2.45, 2.75) is 6.18 Å². The Hall–Kier alpha value is -2.83. The zero-order chi connectivity index (χ0) is 17.0. The molecular formula is C16H12F3N2O2. The number of benzene rings is 2. The summed E-state index contributed by atoms with van der Waals surface area (Å²) in [6, 6.07) is 11.9. The molecule has 2 N–H and O–H groups in total. The summed E-state index contributed by atoms with van der Waals surface area (Å²) in [5, 5.41) is 4.31. The lowest BCUT2D eigenvalue weighted by molar-refractivity contribution is -0.167. The highest BCUT2D eigenvalue weighted by Gasteiger charge is 2.38. The summed E-state index contributed by atoms with van der Waals surface area (Å²) >= 11 is 0. The number of anilines is 2. The van der Waals surface area contributed by atoms with Gasteiger partial charge in [0.25, 0.3) is 5.91 Å². The van der Waals surface area contributed by atoms with Gasteiger partial charge in [-0.15, -0.1) is 0 Å². The zero-order valence-corrected chi connectivity index (χ0v) is 11.8. The minimum Gasteiger partial charge on any atom is -0.322 e. The first-order valence-corrected chi connectivity index (χ1v) is 6.47. The van der Waals surface area contributed by atoms with E-state index in [1.54, 1.807) is 29.6 Å². The first-order chi connectivity index (χ1) is 10.8. The lowest BCUT2D eigenvalue weighted by Crippen LogP contribution is -2.29. The molecule has 0 aliphatic rings. The molecule has 7 heteroatoms. The summed E-state index contributed by atoms with van der Waals surface area (Å²) < 4.78 is 36.4. The standard InChI is InChI=1S/C16H12F3N2O2/c1-10-2-4-11(5-3-10)14(22)20-12-6-8-13(9-7-12)21-15(23)16(17,18)19/h2-9H,1H2,(H,20,22)(H,21,23). The lowest BCUT2D eigenvalue weighted by Gasteiger charge is -2.09. The smallest absolute Gasteiger partial charge is 0.322 e. The molecule has 119 valence electrons. The maximum absolute atomic E-state index is 12.1. The van der Waals surface area contributed by atoms with Gasteiger partial charge in [0.15, 0.2) is 0 Å². The summed E-state index contributed by atoms with van der Waals surface area (Å²) in [4.78, 5) is 22.8. The van der Waals surface area contributed by atoms with E-state index in [4.69, 9.17) is 0 Å². The molecule has 2 rings (SSSR count). The fourth-order valence-corrected chi connectivity index (χ4v) is 1.70. The van der Waals surface area contributed by atoms with Crippen LogP contribution in [0.5, 0.6) is 0 Å². The maximum Gasteiger partial charge on any atom is 0.471 e. The van der Waals surface area contributed by atoms with Gasteiger partial charge in [-0.05, 0) is 48.9 Å². The Morgan fingerprint density at radius 1 is 0.826 bits per heavy atom. The summed E-state index contributed by atoms with van der Waals surface area (Å²) in [6.07, 6.45) is -4.95. The Balaban J connectivity index is 2.01. The van der Waals surface area contributed by atoms with E-state index in [0.29, 0.717) is 11.3 Å². The molecule has 0 aromatic heterocycles. The molecule has 0 aliphatic heterocycles. The van der Waals surface area contributed by atoms with E-state index in [1.165, 1.54) is 24.3 Å². The highest BCUT2D eigenvalue weighted by Crippen LogP contribution is 2.20. The van der Waals surface area contributed by atoms with Gasteiger partial charge in [0.2, 0.25) is 0 Å². The van der Waals surface area contributed by atoms with Gasteiger partial charge in [-0.2, -0.15) is 13.2 Å². The van der Waals surface area contributed by atoms with E-state index in [0.717, 1.165) is 5.56 Å². The number of hydrogen-bond donors (Lipinski definition) is 2. The largest absolute Gasteiger partial charge is 0.471 e. The number of alkyl halides is 3. The zero-order valence-electron chi connectivity index (χ0n) is 11.8. The highest BCUT2D eigenvalue weighted by atomic mass is 19.4. The van der Waals surface area contributed by atoms with Crippen molar-refractivity contribution in [2.24, 2.45) is 0 Å². The maximum atomic E-state index is 12.1. The van der Waals surface area contributed by atoms with Crippen LogP contribution in [0.4, 0.5) is 24.5 Å². The Bertz CT molecular complexity index is 708. The molecule has 0 saturated carbocycles. The first-order valence-electron chi connectivity index (χ1n) is 6.47. The van der Waals surface area contributed by atoms with E-state index in [-0.39, 0.29) is 11.6 Å². The minimum atomic E-state index is -4.95. The molecule has 2 aromatic carbocycles. The Kier molecular flexibility index (Phi) is 4.68. The van der Waals surface area contributed by atoms with Crippen LogP contribution < -0.4 is 10.6 Å². The number of hydrogen-bond acceptors (Lipinski definition) is 2. The van der Waals surface area contributed by atoms with Crippen molar-refractivity contribution in [2.75, 3.05) is 10.6 Å². The molecule has 0 saturated heterocycles. The third-order valence-electron chi connectivity index (χ3n) is 2.87. The lowest BCUT2D eigenvalue weighted by atomic mass is 10.1. The van der Waals surface area contributed by atoms with Gasteiger partial charge in [-0.3, -0.25) is 9.59 Å². The molecule has 0 unspecified atom stereocenters. The van der Waals surface area contributed by atoms with Crippen LogP contribution in [0.3, 0.4) is 0 Å². The van der Waals surface area contributed by atoms with E-state index >= 15 is 0 Å². The topological polar surface area (TPSA) is 58.2 Å². The second-order valence-corrected chi connectivity index (χ2v) is 4.68. The van der Waals surface area contributed by atoms with Crippen molar-refractivity contribution in [1.82, 2.24) is 0 Å². The molecule has 2 amide bonds. The second-order valence-electron chi connectivity index (χ2n) is 4.68. The van der Waals surface area contributed by atoms with Gasteiger partial charge in [0, 0.05) is 16.9 Å². The fourth-order valence-electron chi connectivity index (χ4n) is 1.70. The normalized spacial score (nSPS) is 11.0. The Morgan fingerprint density at radius 3 is 1.78 bits per heavy atom. The molecule has 2 aromatic rings. The quantitative estimate of drug-likeness (QED) is 0.907. The molecule has 23 heavy (non-hydrogen) atoms. The Labute approximate surface area is 130 Å². The summed E-state index contributed by atoms with van der Waals surface area (Å²) in [7, 11) is 0. The van der Waals surface area contributed by atoms with E-state index < -0.39 is 12.1 Å². The molecular weight excluding hydrogens is 309 g/mol. The highest BCUT2D eigenvalue weighted by molar-refractivity contribution is 6.04. The fraction of sp³-hybridized carbons (Fsp3) is 0.0625. The van der Waals surface area contributed by atoms with Crippen LogP contribution in [-0.2, 0) is 4.79 Å². The molecule has 0 fully saturated rings. The van der Waals surface area contributed by atoms with Crippen LogP contribution in [-0.4, -0.2) is 18.0 Å².